The van der Waals surface area contributed by atoms with Crippen molar-refractivity contribution >= 4 is 23.1 Å². The van der Waals surface area contributed by atoms with Crippen LogP contribution in [0.25, 0.3) is 22.2 Å². The first-order valence-corrected chi connectivity index (χ1v) is 12.9. The van der Waals surface area contributed by atoms with Crippen LogP contribution < -0.4 is 10.1 Å². The van der Waals surface area contributed by atoms with Crippen molar-refractivity contribution in [1.29, 1.82) is 5.26 Å². The van der Waals surface area contributed by atoms with Crippen LogP contribution >= 0.6 is 0 Å². The summed E-state index contributed by atoms with van der Waals surface area (Å²) in [5.74, 6) is 0.489. The number of hydrogen-bond acceptors (Lipinski definition) is 6. The monoisotopic (exact) mass is 507 g/mol. The average molecular weight is 508 g/mol. The molecule has 0 bridgehead atoms. The van der Waals surface area contributed by atoms with E-state index in [4.69, 9.17) is 9.47 Å². The van der Waals surface area contributed by atoms with Gasteiger partial charge in [0.1, 0.15) is 23.7 Å². The Kier molecular flexibility index (Phi) is 8.67. The van der Waals surface area contributed by atoms with Crippen molar-refractivity contribution in [3.8, 4) is 23.1 Å². The number of hydrogen-bond donors (Lipinski definition) is 1. The van der Waals surface area contributed by atoms with Gasteiger partial charge in [-0.05, 0) is 57.4 Å². The first-order valence-electron chi connectivity index (χ1n) is 12.9. The van der Waals surface area contributed by atoms with Gasteiger partial charge in [-0.2, -0.15) is 5.26 Å². The highest BCUT2D eigenvalue weighted by Crippen LogP contribution is 2.43. The number of carbonyl (C=O) groups is 1. The lowest BCUT2D eigenvalue weighted by Gasteiger charge is -2.30. The molecule has 1 aliphatic carbocycles. The lowest BCUT2D eigenvalue weighted by molar-refractivity contribution is -0.131. The van der Waals surface area contributed by atoms with Crippen molar-refractivity contribution < 1.29 is 23.4 Å². The van der Waals surface area contributed by atoms with Gasteiger partial charge in [0.15, 0.2) is 0 Å². The van der Waals surface area contributed by atoms with Crippen LogP contribution in [0.5, 0.6) is 5.75 Å². The molecule has 1 aromatic heterocycles. The molecule has 5 rings (SSSR count). The molecule has 1 saturated carbocycles. The van der Waals surface area contributed by atoms with Gasteiger partial charge in [0, 0.05) is 42.9 Å². The number of nitrogens with zero attached hydrogens (tertiary/aromatic N) is 2. The number of aromatic nitrogens is 1. The molecule has 7 nitrogen and oxygen atoms in total. The zero-order valence-electron chi connectivity index (χ0n) is 21.6. The van der Waals surface area contributed by atoms with Crippen molar-refractivity contribution in [3.63, 3.8) is 0 Å². The zero-order valence-corrected chi connectivity index (χ0v) is 21.6. The largest absolute Gasteiger partial charge is 0.490 e. The van der Waals surface area contributed by atoms with Crippen molar-refractivity contribution in [2.75, 3.05) is 25.6 Å². The maximum Gasteiger partial charge on any atom is 0.293 e. The molecule has 2 aliphatic rings. The fraction of sp³-hybridized carbons (Fsp3) is 0.448. The molecule has 3 aromatic rings. The molecular formula is C29H34FN3O4. The smallest absolute Gasteiger partial charge is 0.293 e. The van der Waals surface area contributed by atoms with Crippen LogP contribution in [0.1, 0.15) is 57.6 Å². The van der Waals surface area contributed by atoms with Crippen LogP contribution in [0.3, 0.4) is 0 Å². The van der Waals surface area contributed by atoms with E-state index in [1.165, 1.54) is 6.07 Å². The highest BCUT2D eigenvalue weighted by atomic mass is 19.1. The van der Waals surface area contributed by atoms with Crippen LogP contribution in [-0.2, 0) is 14.3 Å². The van der Waals surface area contributed by atoms with E-state index in [1.807, 2.05) is 24.3 Å². The minimum absolute atomic E-state index is 0.0301. The fourth-order valence-corrected chi connectivity index (χ4v) is 4.75. The van der Waals surface area contributed by atoms with E-state index in [1.54, 1.807) is 27.0 Å². The second-order valence-electron chi connectivity index (χ2n) is 9.62. The van der Waals surface area contributed by atoms with Crippen molar-refractivity contribution in [2.45, 2.75) is 64.2 Å². The number of halogens is 1. The Hall–Kier alpha value is -3.57. The van der Waals surface area contributed by atoms with Gasteiger partial charge in [-0.25, -0.2) is 4.39 Å². The first-order chi connectivity index (χ1) is 18.0. The minimum Gasteiger partial charge on any atom is -0.490 e. The maximum absolute atomic E-state index is 14.6. The predicted octanol–water partition coefficient (Wildman–Crippen LogP) is 6.21. The third-order valence-corrected chi connectivity index (χ3v) is 6.84. The van der Waals surface area contributed by atoms with Crippen LogP contribution in [0.2, 0.25) is 0 Å². The number of nitriles is 1. The summed E-state index contributed by atoms with van der Waals surface area (Å²) < 4.78 is 32.9. The number of carbonyl (C=O) groups excluding carboxylic acids is 1. The van der Waals surface area contributed by atoms with Gasteiger partial charge in [0.25, 0.3) is 6.47 Å². The predicted molar refractivity (Wildman–Crippen MR) is 141 cm³/mol. The van der Waals surface area contributed by atoms with Crippen molar-refractivity contribution in [3.05, 3.63) is 47.8 Å². The van der Waals surface area contributed by atoms with E-state index >= 15 is 0 Å². The Morgan fingerprint density at radius 2 is 1.92 bits per heavy atom. The Labute approximate surface area is 217 Å². The van der Waals surface area contributed by atoms with E-state index in [2.05, 4.69) is 20.7 Å². The van der Waals surface area contributed by atoms with Crippen molar-refractivity contribution in [2.24, 2.45) is 0 Å². The van der Waals surface area contributed by atoms with Crippen LogP contribution in [0, 0.1) is 17.1 Å². The number of anilines is 1. The molecule has 1 aliphatic heterocycles. The molecule has 2 aromatic carbocycles. The van der Waals surface area contributed by atoms with Gasteiger partial charge in [0.2, 0.25) is 0 Å². The minimum atomic E-state index is -0.321. The normalized spacial score (nSPS) is 15.9. The molecule has 1 saturated heterocycles. The summed E-state index contributed by atoms with van der Waals surface area (Å²) in [5, 5.41) is 13.8. The summed E-state index contributed by atoms with van der Waals surface area (Å²) in [6, 6.07) is 13.8. The van der Waals surface area contributed by atoms with E-state index in [0.717, 1.165) is 73.2 Å². The number of benzene rings is 2. The molecule has 8 heteroatoms. The molecule has 1 N–H and O–H groups in total. The number of fused-ring (bicyclic) bond motifs is 1. The lowest BCUT2D eigenvalue weighted by atomic mass is 9.92. The standard InChI is InChI=1S/C25H26FN3O2.C4H8O2/c1-28-23-8-5-16(13-22(23)26)25-21(15-27)20-7-6-19(31-18-9-11-30-12-10-18)14-24(20)29(25)17-3-2-4-17;1-4(2)6-3-5/h5-8,13-14,17-18,28H,2-4,9-12H2,1H3;3-4H,1-2H3. The second-order valence-corrected chi connectivity index (χ2v) is 9.62. The summed E-state index contributed by atoms with van der Waals surface area (Å²) in [6.07, 6.45) is 5.23. The molecule has 196 valence electrons. The summed E-state index contributed by atoms with van der Waals surface area (Å²) in [6.45, 7) is 5.50. The number of nitrogens with one attached hydrogen (secondary N) is 1. The summed E-state index contributed by atoms with van der Waals surface area (Å²) in [5.41, 5.74) is 3.55. The first kappa shape index (κ1) is 26.5. The highest BCUT2D eigenvalue weighted by molar-refractivity contribution is 5.95. The van der Waals surface area contributed by atoms with Gasteiger partial charge in [-0.3, -0.25) is 4.79 Å². The molecule has 0 atom stereocenters. The van der Waals surface area contributed by atoms with Crippen molar-refractivity contribution in [1.82, 2.24) is 4.57 Å². The molecule has 2 heterocycles. The molecule has 2 fully saturated rings. The molecular weight excluding hydrogens is 473 g/mol. The molecule has 0 amide bonds. The average Bonchev–Trinajstić information content (AvgIpc) is 3.17. The third-order valence-electron chi connectivity index (χ3n) is 6.84. The molecule has 0 spiro atoms. The molecule has 37 heavy (non-hydrogen) atoms. The molecule has 0 radical (unpaired) electrons. The quantitative estimate of drug-likeness (QED) is 0.383. The van der Waals surface area contributed by atoms with Gasteiger partial charge >= 0.3 is 0 Å². The van der Waals surface area contributed by atoms with Gasteiger partial charge in [-0.1, -0.05) is 6.07 Å². The Morgan fingerprint density at radius 3 is 2.46 bits per heavy atom. The summed E-state index contributed by atoms with van der Waals surface area (Å²) in [7, 11) is 1.70. The topological polar surface area (TPSA) is 85.5 Å². The Bertz CT molecular complexity index is 1270. The summed E-state index contributed by atoms with van der Waals surface area (Å²) in [4.78, 5) is 9.39. The van der Waals surface area contributed by atoms with Crippen LogP contribution in [0.15, 0.2) is 36.4 Å². The van der Waals surface area contributed by atoms with E-state index in [9.17, 15) is 14.4 Å². The lowest BCUT2D eigenvalue weighted by Crippen LogP contribution is -2.25. The Morgan fingerprint density at radius 1 is 1.16 bits per heavy atom. The van der Waals surface area contributed by atoms with E-state index < -0.39 is 0 Å². The number of ether oxygens (including phenoxy) is 3. The Balaban J connectivity index is 0.000000480. The van der Waals surface area contributed by atoms with E-state index in [0.29, 0.717) is 23.8 Å². The van der Waals surface area contributed by atoms with E-state index in [-0.39, 0.29) is 18.0 Å². The highest BCUT2D eigenvalue weighted by Gasteiger charge is 2.28. The SMILES string of the molecule is CC(C)OC=O.CNc1ccc(-c2c(C#N)c3ccc(OC4CCOCC4)cc3n2C2CCC2)cc1F. The van der Waals surface area contributed by atoms with Gasteiger partial charge < -0.3 is 24.1 Å². The summed E-state index contributed by atoms with van der Waals surface area (Å²) >= 11 is 0. The molecule has 0 unspecified atom stereocenters. The second kappa shape index (κ2) is 12.1. The zero-order chi connectivity index (χ0) is 26.4. The fourth-order valence-electron chi connectivity index (χ4n) is 4.75. The van der Waals surface area contributed by atoms with Crippen LogP contribution in [-0.4, -0.2) is 43.5 Å². The number of rotatable bonds is 7. The van der Waals surface area contributed by atoms with Crippen LogP contribution in [0.4, 0.5) is 10.1 Å². The third kappa shape index (κ3) is 5.89. The maximum atomic E-state index is 14.6. The van der Waals surface area contributed by atoms with Gasteiger partial charge in [-0.15, -0.1) is 0 Å². The van der Waals surface area contributed by atoms with Gasteiger partial charge in [0.05, 0.1) is 41.8 Å².